The number of carboxylic acid groups (broad SMARTS) is 1. The van der Waals surface area contributed by atoms with Gasteiger partial charge in [-0.25, -0.2) is 9.78 Å². The average molecular weight is 447 g/mol. The lowest BCUT2D eigenvalue weighted by Gasteiger charge is -2.16. The van der Waals surface area contributed by atoms with E-state index in [1.54, 1.807) is 30.5 Å². The van der Waals surface area contributed by atoms with Crippen molar-refractivity contribution in [3.05, 3.63) is 64.8 Å². The molecule has 0 aliphatic rings. The van der Waals surface area contributed by atoms with E-state index in [0.29, 0.717) is 40.6 Å². The van der Waals surface area contributed by atoms with Gasteiger partial charge in [-0.1, -0.05) is 12.1 Å². The minimum absolute atomic E-state index is 0. The summed E-state index contributed by atoms with van der Waals surface area (Å²) in [5.74, 6) is 0.765. The molecule has 0 atom stereocenters. The Morgan fingerprint density at radius 3 is 2.45 bits per heavy atom. The normalized spacial score (nSPS) is 10.1. The number of ether oxygens (including phenoxy) is 3. The van der Waals surface area contributed by atoms with Crippen LogP contribution in [0.2, 0.25) is 0 Å². The molecule has 0 fully saturated rings. The Morgan fingerprint density at radius 2 is 1.81 bits per heavy atom. The van der Waals surface area contributed by atoms with Crippen molar-refractivity contribution in [2.45, 2.75) is 13.0 Å². The Balaban J connectivity index is 0.00000341. The largest absolute Gasteiger partial charge is 0.493 e. The molecule has 31 heavy (non-hydrogen) atoms. The van der Waals surface area contributed by atoms with E-state index in [2.05, 4.69) is 9.97 Å². The van der Waals surface area contributed by atoms with Crippen molar-refractivity contribution in [2.75, 3.05) is 25.7 Å². The number of nitrogen functional groups attached to an aromatic ring is 2. The van der Waals surface area contributed by atoms with Crippen molar-refractivity contribution in [3.63, 3.8) is 0 Å². The van der Waals surface area contributed by atoms with E-state index >= 15 is 0 Å². The third-order valence-corrected chi connectivity index (χ3v) is 4.38. The van der Waals surface area contributed by atoms with Crippen LogP contribution >= 0.6 is 12.4 Å². The first-order valence-electron chi connectivity index (χ1n) is 8.98. The number of aromatic nitrogens is 2. The van der Waals surface area contributed by atoms with Gasteiger partial charge in [-0.05, 0) is 35.4 Å². The highest BCUT2D eigenvalue weighted by Crippen LogP contribution is 2.39. The highest BCUT2D eigenvalue weighted by molar-refractivity contribution is 5.87. The molecule has 9 nitrogen and oxygen atoms in total. The Bertz CT molecular complexity index is 1080. The van der Waals surface area contributed by atoms with Crippen molar-refractivity contribution < 1.29 is 24.1 Å². The molecule has 0 spiro atoms. The standard InChI is InChI=1S/C21H22N4O5.ClH/c1-28-16-8-13(7-15-10-24-21(23)25-19(15)22)9-17(18(16)29-2)30-11-12-4-3-5-14(6-12)20(26)27;/h3-6,8-10H,7,11H2,1-2H3,(H,26,27)(H4,22,23,24,25);1H. The Hall–Kier alpha value is -3.72. The van der Waals surface area contributed by atoms with E-state index in [9.17, 15) is 4.79 Å². The second-order valence-electron chi connectivity index (χ2n) is 6.44. The van der Waals surface area contributed by atoms with Gasteiger partial charge in [0.1, 0.15) is 12.4 Å². The first-order valence-corrected chi connectivity index (χ1v) is 8.98. The van der Waals surface area contributed by atoms with E-state index in [-0.39, 0.29) is 30.5 Å². The third kappa shape index (κ3) is 5.67. The lowest BCUT2D eigenvalue weighted by atomic mass is 10.1. The Morgan fingerprint density at radius 1 is 1.06 bits per heavy atom. The van der Waals surface area contributed by atoms with Gasteiger partial charge in [-0.15, -0.1) is 12.4 Å². The van der Waals surface area contributed by atoms with Crippen LogP contribution in [0.1, 0.15) is 27.0 Å². The predicted molar refractivity (Wildman–Crippen MR) is 118 cm³/mol. The van der Waals surface area contributed by atoms with Crippen LogP contribution in [0.25, 0.3) is 0 Å². The van der Waals surface area contributed by atoms with Crippen LogP contribution in [0.5, 0.6) is 17.2 Å². The highest BCUT2D eigenvalue weighted by atomic mass is 35.5. The predicted octanol–water partition coefficient (Wildman–Crippen LogP) is 2.95. The number of hydrogen-bond acceptors (Lipinski definition) is 8. The number of rotatable bonds is 8. The van der Waals surface area contributed by atoms with Gasteiger partial charge in [0.2, 0.25) is 11.7 Å². The summed E-state index contributed by atoms with van der Waals surface area (Å²) in [5.41, 5.74) is 13.9. The molecule has 0 aliphatic heterocycles. The van der Waals surface area contributed by atoms with Crippen LogP contribution in [-0.4, -0.2) is 35.3 Å². The van der Waals surface area contributed by atoms with E-state index < -0.39 is 5.97 Å². The number of halogens is 1. The number of carbonyl (C=O) groups is 1. The number of aromatic carboxylic acids is 1. The summed E-state index contributed by atoms with van der Waals surface area (Å²) >= 11 is 0. The van der Waals surface area contributed by atoms with Crippen molar-refractivity contribution in [2.24, 2.45) is 0 Å². The van der Waals surface area contributed by atoms with Gasteiger partial charge in [-0.2, -0.15) is 4.98 Å². The molecule has 164 valence electrons. The number of nitrogens with two attached hydrogens (primary N) is 2. The lowest BCUT2D eigenvalue weighted by molar-refractivity contribution is 0.0696. The van der Waals surface area contributed by atoms with Gasteiger partial charge >= 0.3 is 5.97 Å². The van der Waals surface area contributed by atoms with E-state index in [0.717, 1.165) is 5.56 Å². The summed E-state index contributed by atoms with van der Waals surface area (Å²) in [7, 11) is 3.05. The van der Waals surface area contributed by atoms with E-state index in [1.165, 1.54) is 20.3 Å². The fourth-order valence-corrected chi connectivity index (χ4v) is 2.94. The van der Waals surface area contributed by atoms with Crippen molar-refractivity contribution >= 4 is 30.1 Å². The maximum atomic E-state index is 11.2. The van der Waals surface area contributed by atoms with Gasteiger partial charge in [-0.3, -0.25) is 0 Å². The number of methoxy groups -OCH3 is 2. The molecule has 1 aromatic heterocycles. The molecule has 5 N–H and O–H groups in total. The first kappa shape index (κ1) is 23.6. The lowest BCUT2D eigenvalue weighted by Crippen LogP contribution is -2.05. The smallest absolute Gasteiger partial charge is 0.335 e. The van der Waals surface area contributed by atoms with Gasteiger partial charge in [0.15, 0.2) is 11.5 Å². The zero-order chi connectivity index (χ0) is 21.7. The van der Waals surface area contributed by atoms with Gasteiger partial charge in [0.05, 0.1) is 19.8 Å². The zero-order valence-corrected chi connectivity index (χ0v) is 17.8. The summed E-state index contributed by atoms with van der Waals surface area (Å²) in [6, 6.07) is 10.1. The zero-order valence-electron chi connectivity index (χ0n) is 17.0. The van der Waals surface area contributed by atoms with Gasteiger partial charge < -0.3 is 30.8 Å². The van der Waals surface area contributed by atoms with Crippen LogP contribution in [0.15, 0.2) is 42.6 Å². The summed E-state index contributed by atoms with van der Waals surface area (Å²) in [6.07, 6.45) is 2.00. The summed E-state index contributed by atoms with van der Waals surface area (Å²) in [6.45, 7) is 0.150. The van der Waals surface area contributed by atoms with Gasteiger partial charge in [0, 0.05) is 18.2 Å². The monoisotopic (exact) mass is 446 g/mol. The van der Waals surface area contributed by atoms with E-state index in [1.807, 2.05) is 6.07 Å². The van der Waals surface area contributed by atoms with Crippen molar-refractivity contribution in [3.8, 4) is 17.2 Å². The molecular formula is C21H23ClN4O5. The second kappa shape index (κ2) is 10.4. The van der Waals surface area contributed by atoms with Crippen LogP contribution in [0.3, 0.4) is 0 Å². The molecule has 0 saturated carbocycles. The summed E-state index contributed by atoms with van der Waals surface area (Å²) in [5, 5.41) is 9.16. The molecule has 3 aromatic rings. The third-order valence-electron chi connectivity index (χ3n) is 4.38. The first-order chi connectivity index (χ1) is 14.4. The molecule has 3 rings (SSSR count). The number of nitrogens with zero attached hydrogens (tertiary/aromatic N) is 2. The molecule has 10 heteroatoms. The highest BCUT2D eigenvalue weighted by Gasteiger charge is 2.16. The number of carboxylic acids is 1. The molecule has 0 aliphatic carbocycles. The summed E-state index contributed by atoms with van der Waals surface area (Å²) in [4.78, 5) is 19.1. The average Bonchev–Trinajstić information content (AvgIpc) is 2.74. The fourth-order valence-electron chi connectivity index (χ4n) is 2.94. The fraction of sp³-hybridized carbons (Fsp3) is 0.190. The molecule has 0 saturated heterocycles. The molecule has 2 aromatic carbocycles. The van der Waals surface area contributed by atoms with Crippen molar-refractivity contribution in [1.82, 2.24) is 9.97 Å². The molecule has 0 unspecified atom stereocenters. The minimum atomic E-state index is -0.999. The Kier molecular flexibility index (Phi) is 7.87. The molecule has 0 amide bonds. The van der Waals surface area contributed by atoms with E-state index in [4.69, 9.17) is 30.8 Å². The van der Waals surface area contributed by atoms with Crippen LogP contribution in [-0.2, 0) is 13.0 Å². The number of hydrogen-bond donors (Lipinski definition) is 3. The maximum Gasteiger partial charge on any atom is 0.335 e. The van der Waals surface area contributed by atoms with Gasteiger partial charge in [0.25, 0.3) is 0 Å². The SMILES string of the molecule is COc1cc(Cc2cnc(N)nc2N)cc(OCc2cccc(C(=O)O)c2)c1OC.Cl. The topological polar surface area (TPSA) is 143 Å². The minimum Gasteiger partial charge on any atom is -0.493 e. The van der Waals surface area contributed by atoms with Crippen LogP contribution in [0, 0.1) is 0 Å². The molecule has 0 bridgehead atoms. The maximum absolute atomic E-state index is 11.2. The quantitative estimate of drug-likeness (QED) is 0.475. The van der Waals surface area contributed by atoms with Crippen LogP contribution < -0.4 is 25.7 Å². The molecule has 0 radical (unpaired) electrons. The Labute approximate surface area is 185 Å². The molecular weight excluding hydrogens is 424 g/mol. The number of benzene rings is 2. The number of anilines is 2. The molecule has 1 heterocycles. The second-order valence-corrected chi connectivity index (χ2v) is 6.44. The summed E-state index contributed by atoms with van der Waals surface area (Å²) < 4.78 is 16.8. The van der Waals surface area contributed by atoms with Crippen molar-refractivity contribution in [1.29, 1.82) is 0 Å². The van der Waals surface area contributed by atoms with Crippen LogP contribution in [0.4, 0.5) is 11.8 Å².